The van der Waals surface area contributed by atoms with Gasteiger partial charge in [-0.3, -0.25) is 4.79 Å². The molecular weight excluding hydrogens is 267 g/mol. The van der Waals surface area contributed by atoms with Crippen molar-refractivity contribution >= 4 is 5.91 Å². The van der Waals surface area contributed by atoms with Crippen molar-refractivity contribution in [2.24, 2.45) is 5.92 Å². The number of halogens is 1. The average Bonchev–Trinajstić information content (AvgIpc) is 3.18. The topological polar surface area (TPSA) is 32.3 Å². The van der Waals surface area contributed by atoms with Crippen molar-refractivity contribution in [2.75, 3.05) is 13.1 Å². The second-order valence-electron chi connectivity index (χ2n) is 6.28. The first-order valence-corrected chi connectivity index (χ1v) is 7.97. The van der Waals surface area contributed by atoms with Gasteiger partial charge in [0.05, 0.1) is 0 Å². The van der Waals surface area contributed by atoms with Crippen LogP contribution in [0, 0.1) is 11.7 Å². The van der Waals surface area contributed by atoms with E-state index in [1.165, 1.54) is 18.6 Å². The molecule has 1 atom stereocenters. The minimum atomic E-state index is -0.229. The minimum absolute atomic E-state index is 0.229. The van der Waals surface area contributed by atoms with Gasteiger partial charge in [-0.15, -0.1) is 0 Å². The Balaban J connectivity index is 1.57. The molecule has 1 heterocycles. The molecule has 3 rings (SSSR count). The maximum absolute atomic E-state index is 13.3. The molecule has 1 N–H and O–H groups in total. The summed E-state index contributed by atoms with van der Waals surface area (Å²) >= 11 is 0. The highest BCUT2D eigenvalue weighted by Crippen LogP contribution is 2.29. The molecule has 1 aliphatic carbocycles. The van der Waals surface area contributed by atoms with E-state index in [0.29, 0.717) is 24.9 Å². The van der Waals surface area contributed by atoms with Gasteiger partial charge in [0.15, 0.2) is 0 Å². The first kappa shape index (κ1) is 14.5. The van der Waals surface area contributed by atoms with Crippen LogP contribution in [0.2, 0.25) is 0 Å². The Morgan fingerprint density at radius 3 is 2.86 bits per heavy atom. The van der Waals surface area contributed by atoms with Crippen LogP contribution in [0.15, 0.2) is 24.3 Å². The van der Waals surface area contributed by atoms with E-state index in [2.05, 4.69) is 5.32 Å². The van der Waals surface area contributed by atoms with E-state index < -0.39 is 0 Å². The third kappa shape index (κ3) is 4.03. The third-order valence-corrected chi connectivity index (χ3v) is 4.48. The highest BCUT2D eigenvalue weighted by molar-refractivity contribution is 5.76. The summed E-state index contributed by atoms with van der Waals surface area (Å²) in [5.41, 5.74) is 0.887. The molecule has 1 amide bonds. The maximum Gasteiger partial charge on any atom is 0.223 e. The highest BCUT2D eigenvalue weighted by atomic mass is 19.1. The highest BCUT2D eigenvalue weighted by Gasteiger charge is 2.32. The summed E-state index contributed by atoms with van der Waals surface area (Å²) in [6, 6.07) is 6.96. The third-order valence-electron chi connectivity index (χ3n) is 4.48. The number of hydrogen-bond donors (Lipinski definition) is 1. The fourth-order valence-electron chi connectivity index (χ4n) is 3.07. The second-order valence-corrected chi connectivity index (χ2v) is 6.28. The van der Waals surface area contributed by atoms with Gasteiger partial charge in [-0.05, 0) is 62.4 Å². The van der Waals surface area contributed by atoms with Crippen LogP contribution in [0.5, 0.6) is 0 Å². The lowest BCUT2D eigenvalue weighted by Crippen LogP contribution is -2.32. The van der Waals surface area contributed by atoms with Gasteiger partial charge < -0.3 is 10.2 Å². The Labute approximate surface area is 125 Å². The van der Waals surface area contributed by atoms with Gasteiger partial charge in [0.2, 0.25) is 5.91 Å². The van der Waals surface area contributed by atoms with Crippen molar-refractivity contribution in [3.8, 4) is 0 Å². The Morgan fingerprint density at radius 2 is 2.19 bits per heavy atom. The maximum atomic E-state index is 13.3. The average molecular weight is 290 g/mol. The molecule has 1 aromatic carbocycles. The quantitative estimate of drug-likeness (QED) is 0.873. The Kier molecular flexibility index (Phi) is 4.54. The first-order valence-electron chi connectivity index (χ1n) is 7.97. The van der Waals surface area contributed by atoms with Crippen LogP contribution in [0.3, 0.4) is 0 Å². The van der Waals surface area contributed by atoms with Gasteiger partial charge in [0, 0.05) is 19.0 Å². The number of benzene rings is 1. The summed E-state index contributed by atoms with van der Waals surface area (Å²) in [5.74, 6) is 0.644. The molecule has 4 heteroatoms. The normalized spacial score (nSPS) is 21.5. The smallest absolute Gasteiger partial charge is 0.223 e. The lowest BCUT2D eigenvalue weighted by Gasteiger charge is -2.23. The van der Waals surface area contributed by atoms with Crippen LogP contribution in [0.4, 0.5) is 4.39 Å². The molecule has 21 heavy (non-hydrogen) atoms. The van der Waals surface area contributed by atoms with Gasteiger partial charge in [-0.2, -0.15) is 0 Å². The molecule has 2 fully saturated rings. The van der Waals surface area contributed by atoms with Crippen molar-refractivity contribution in [1.29, 1.82) is 0 Å². The Hall–Kier alpha value is -1.42. The van der Waals surface area contributed by atoms with Crippen molar-refractivity contribution < 1.29 is 9.18 Å². The molecular formula is C17H23FN2O. The zero-order valence-electron chi connectivity index (χ0n) is 12.4. The molecule has 1 saturated heterocycles. The molecule has 1 aromatic rings. The van der Waals surface area contributed by atoms with E-state index >= 15 is 0 Å². The van der Waals surface area contributed by atoms with Crippen LogP contribution < -0.4 is 5.32 Å². The molecule has 1 unspecified atom stereocenters. The minimum Gasteiger partial charge on any atom is -0.335 e. The zero-order chi connectivity index (χ0) is 14.7. The van der Waals surface area contributed by atoms with Gasteiger partial charge in [0.1, 0.15) is 5.82 Å². The van der Waals surface area contributed by atoms with E-state index in [1.807, 2.05) is 11.0 Å². The van der Waals surface area contributed by atoms with Gasteiger partial charge in [-0.1, -0.05) is 12.1 Å². The molecule has 0 spiro atoms. The number of carbonyl (C=O) groups excluding carboxylic acids is 1. The zero-order valence-corrected chi connectivity index (χ0v) is 12.4. The van der Waals surface area contributed by atoms with Gasteiger partial charge in [0.25, 0.3) is 0 Å². The summed E-state index contributed by atoms with van der Waals surface area (Å²) in [6.07, 6.45) is 4.95. The van der Waals surface area contributed by atoms with Crippen molar-refractivity contribution in [2.45, 2.75) is 44.7 Å². The molecule has 1 aliphatic heterocycles. The predicted molar refractivity (Wildman–Crippen MR) is 80.2 cm³/mol. The molecule has 1 saturated carbocycles. The van der Waals surface area contributed by atoms with Crippen molar-refractivity contribution in [1.82, 2.24) is 10.2 Å². The van der Waals surface area contributed by atoms with Crippen LogP contribution in [-0.2, 0) is 11.3 Å². The first-order chi connectivity index (χ1) is 10.2. The Morgan fingerprint density at radius 1 is 1.33 bits per heavy atom. The summed E-state index contributed by atoms with van der Waals surface area (Å²) in [7, 11) is 0. The summed E-state index contributed by atoms with van der Waals surface area (Å²) in [6.45, 7) is 2.67. The number of nitrogens with zero attached hydrogens (tertiary/aromatic N) is 1. The van der Waals surface area contributed by atoms with E-state index in [0.717, 1.165) is 37.9 Å². The van der Waals surface area contributed by atoms with E-state index in [1.54, 1.807) is 6.07 Å². The molecule has 2 aliphatic rings. The van der Waals surface area contributed by atoms with Gasteiger partial charge in [-0.25, -0.2) is 4.39 Å². The molecule has 0 aromatic heterocycles. The number of rotatable bonds is 6. The molecule has 114 valence electrons. The van der Waals surface area contributed by atoms with Crippen LogP contribution in [-0.4, -0.2) is 29.9 Å². The number of nitrogens with one attached hydrogen (secondary N) is 1. The summed E-state index contributed by atoms with van der Waals surface area (Å²) in [4.78, 5) is 14.4. The molecule has 3 nitrogen and oxygen atoms in total. The molecule has 0 bridgehead atoms. The standard InChI is InChI=1S/C17H23FN2O/c18-15-3-1-2-14(10-15)12-20(16-5-6-16)17(21)7-4-13-8-9-19-11-13/h1-3,10,13,16,19H,4-9,11-12H2. The second kappa shape index (κ2) is 6.56. The summed E-state index contributed by atoms with van der Waals surface area (Å²) < 4.78 is 13.3. The number of amides is 1. The van der Waals surface area contributed by atoms with Crippen LogP contribution >= 0.6 is 0 Å². The number of hydrogen-bond acceptors (Lipinski definition) is 2. The van der Waals surface area contributed by atoms with Gasteiger partial charge >= 0.3 is 0 Å². The lowest BCUT2D eigenvalue weighted by molar-refractivity contribution is -0.132. The van der Waals surface area contributed by atoms with E-state index in [9.17, 15) is 9.18 Å². The van der Waals surface area contributed by atoms with Crippen LogP contribution in [0.1, 0.15) is 37.7 Å². The SMILES string of the molecule is O=C(CCC1CCNC1)N(Cc1cccc(F)c1)C1CC1. The fourth-order valence-corrected chi connectivity index (χ4v) is 3.07. The lowest BCUT2D eigenvalue weighted by atomic mass is 10.0. The summed E-state index contributed by atoms with van der Waals surface area (Å²) in [5, 5.41) is 3.34. The van der Waals surface area contributed by atoms with Crippen molar-refractivity contribution in [3.05, 3.63) is 35.6 Å². The molecule has 0 radical (unpaired) electrons. The largest absolute Gasteiger partial charge is 0.335 e. The van der Waals surface area contributed by atoms with Crippen molar-refractivity contribution in [3.63, 3.8) is 0 Å². The monoisotopic (exact) mass is 290 g/mol. The van der Waals surface area contributed by atoms with Crippen LogP contribution in [0.25, 0.3) is 0 Å². The number of carbonyl (C=O) groups is 1. The predicted octanol–water partition coefficient (Wildman–Crippen LogP) is 2.71. The fraction of sp³-hybridized carbons (Fsp3) is 0.588. The van der Waals surface area contributed by atoms with E-state index in [4.69, 9.17) is 0 Å². The Bertz CT molecular complexity index is 495. The van der Waals surface area contributed by atoms with E-state index in [-0.39, 0.29) is 11.7 Å².